The minimum Gasteiger partial charge on any atom is -0.367 e. The van der Waals surface area contributed by atoms with Gasteiger partial charge in [0.2, 0.25) is 0 Å². The van der Waals surface area contributed by atoms with Gasteiger partial charge in [0.05, 0.1) is 0 Å². The molecule has 1 saturated carbocycles. The van der Waals surface area contributed by atoms with Gasteiger partial charge in [-0.3, -0.25) is 0 Å². The van der Waals surface area contributed by atoms with Gasteiger partial charge in [0, 0.05) is 18.5 Å². The lowest BCUT2D eigenvalue weighted by molar-refractivity contribution is 0.328. The monoisotopic (exact) mass is 281 g/mol. The molecule has 3 nitrogen and oxygen atoms in total. The summed E-state index contributed by atoms with van der Waals surface area (Å²) in [5.41, 5.74) is 0. The lowest BCUT2D eigenvalue weighted by atomic mass is 9.84. The molecule has 0 spiro atoms. The average Bonchev–Trinajstić information content (AvgIpc) is 2.39. The lowest BCUT2D eigenvalue weighted by Crippen LogP contribution is -2.28. The summed E-state index contributed by atoms with van der Waals surface area (Å²) in [4.78, 5) is 8.81. The molecule has 0 radical (unpaired) electrons. The second-order valence-corrected chi connectivity index (χ2v) is 5.96. The van der Waals surface area contributed by atoms with E-state index < -0.39 is 0 Å². The maximum absolute atomic E-state index is 6.06. The highest BCUT2D eigenvalue weighted by Crippen LogP contribution is 2.28. The largest absolute Gasteiger partial charge is 0.367 e. The van der Waals surface area contributed by atoms with Crippen LogP contribution < -0.4 is 5.32 Å². The van der Waals surface area contributed by atoms with Crippen LogP contribution in [0.4, 0.5) is 5.82 Å². The van der Waals surface area contributed by atoms with E-state index in [0.29, 0.717) is 11.2 Å². The molecule has 0 saturated heterocycles. The van der Waals surface area contributed by atoms with Gasteiger partial charge in [-0.15, -0.1) is 0 Å². The minimum atomic E-state index is 0.459. The number of anilines is 1. The second-order valence-electron chi connectivity index (χ2n) is 5.57. The van der Waals surface area contributed by atoms with Crippen molar-refractivity contribution in [2.24, 2.45) is 5.92 Å². The normalized spacial score (nSPS) is 18.3. The Bertz CT molecular complexity index is 402. The summed E-state index contributed by atoms with van der Waals surface area (Å²) in [5.74, 6) is 2.48. The van der Waals surface area contributed by atoms with Gasteiger partial charge in [0.1, 0.15) is 16.8 Å². The second kappa shape index (κ2) is 7.09. The Morgan fingerprint density at radius 2 is 2.05 bits per heavy atom. The van der Waals surface area contributed by atoms with E-state index >= 15 is 0 Å². The first-order valence-corrected chi connectivity index (χ1v) is 7.87. The molecule has 1 unspecified atom stereocenters. The third-order valence-corrected chi connectivity index (χ3v) is 4.14. The maximum atomic E-state index is 6.06. The molecular weight excluding hydrogens is 258 g/mol. The van der Waals surface area contributed by atoms with Crippen molar-refractivity contribution in [2.75, 3.05) is 5.32 Å². The Balaban J connectivity index is 2.00. The molecule has 0 amide bonds. The predicted molar refractivity (Wildman–Crippen MR) is 80.7 cm³/mol. The predicted octanol–water partition coefficient (Wildman–Crippen LogP) is 4.46. The smallest absolute Gasteiger partial charge is 0.134 e. The molecule has 1 heterocycles. The van der Waals surface area contributed by atoms with Gasteiger partial charge in [-0.1, -0.05) is 37.8 Å². The van der Waals surface area contributed by atoms with Gasteiger partial charge in [-0.05, 0) is 32.1 Å². The van der Waals surface area contributed by atoms with E-state index in [9.17, 15) is 0 Å². The van der Waals surface area contributed by atoms with E-state index in [1.165, 1.54) is 32.1 Å². The van der Waals surface area contributed by atoms with Crippen molar-refractivity contribution in [3.05, 3.63) is 17.0 Å². The van der Waals surface area contributed by atoms with Gasteiger partial charge < -0.3 is 5.32 Å². The van der Waals surface area contributed by atoms with Gasteiger partial charge in [0.25, 0.3) is 0 Å². The van der Waals surface area contributed by atoms with Gasteiger partial charge in [-0.2, -0.15) is 0 Å². The Morgan fingerprint density at radius 1 is 1.32 bits per heavy atom. The van der Waals surface area contributed by atoms with Crippen molar-refractivity contribution in [1.82, 2.24) is 9.97 Å². The zero-order chi connectivity index (χ0) is 13.7. The quantitative estimate of drug-likeness (QED) is 0.810. The number of rotatable bonds is 5. The summed E-state index contributed by atoms with van der Waals surface area (Å²) >= 11 is 6.06. The molecule has 0 aromatic carbocycles. The van der Waals surface area contributed by atoms with Crippen LogP contribution in [0.2, 0.25) is 5.15 Å². The van der Waals surface area contributed by atoms with Gasteiger partial charge in [0.15, 0.2) is 0 Å². The number of nitrogens with one attached hydrogen (secondary N) is 1. The molecule has 106 valence electrons. The molecule has 1 aliphatic carbocycles. The number of hydrogen-bond donors (Lipinski definition) is 1. The molecule has 0 bridgehead atoms. The number of halogens is 1. The van der Waals surface area contributed by atoms with Gasteiger partial charge in [-0.25, -0.2) is 9.97 Å². The number of hydrogen-bond acceptors (Lipinski definition) is 3. The summed E-state index contributed by atoms with van der Waals surface area (Å²) in [5, 5.41) is 4.05. The van der Waals surface area contributed by atoms with Crippen molar-refractivity contribution < 1.29 is 0 Å². The fourth-order valence-electron chi connectivity index (χ4n) is 2.86. The summed E-state index contributed by atoms with van der Waals surface area (Å²) in [6, 6.07) is 2.29. The molecule has 1 aromatic heterocycles. The van der Waals surface area contributed by atoms with E-state index in [1.807, 2.05) is 6.07 Å². The molecule has 1 N–H and O–H groups in total. The van der Waals surface area contributed by atoms with E-state index in [-0.39, 0.29) is 0 Å². The van der Waals surface area contributed by atoms with E-state index in [1.54, 1.807) is 0 Å². The van der Waals surface area contributed by atoms with Crippen LogP contribution in [0.25, 0.3) is 0 Å². The van der Waals surface area contributed by atoms with E-state index in [2.05, 4.69) is 29.1 Å². The van der Waals surface area contributed by atoms with Crippen LogP contribution >= 0.6 is 11.6 Å². The van der Waals surface area contributed by atoms with Crippen LogP contribution in [0.15, 0.2) is 6.07 Å². The van der Waals surface area contributed by atoms with E-state index in [0.717, 1.165) is 30.4 Å². The molecule has 1 fully saturated rings. The Hall–Kier alpha value is -0.830. The fraction of sp³-hybridized carbons (Fsp3) is 0.733. The molecule has 1 aromatic rings. The maximum Gasteiger partial charge on any atom is 0.134 e. The number of nitrogens with zero attached hydrogens (tertiary/aromatic N) is 2. The number of aryl methyl sites for hydroxylation is 1. The van der Waals surface area contributed by atoms with Crippen LogP contribution in [0, 0.1) is 5.92 Å². The standard InChI is InChI=1S/C15H24ClN3/c1-3-7-14-18-13(16)10-15(19-14)17-11(2)12-8-5-4-6-9-12/h10-12H,3-9H2,1-2H3,(H,17,18,19). The molecule has 19 heavy (non-hydrogen) atoms. The molecule has 1 aliphatic rings. The van der Waals surface area contributed by atoms with Crippen molar-refractivity contribution >= 4 is 17.4 Å². The highest BCUT2D eigenvalue weighted by Gasteiger charge is 2.20. The molecule has 1 atom stereocenters. The summed E-state index contributed by atoms with van der Waals surface area (Å²) in [7, 11) is 0. The van der Waals surface area contributed by atoms with Crippen molar-refractivity contribution in [1.29, 1.82) is 0 Å². The molecule has 2 rings (SSSR count). The zero-order valence-corrected chi connectivity index (χ0v) is 12.7. The Kier molecular flexibility index (Phi) is 5.44. The highest BCUT2D eigenvalue weighted by atomic mass is 35.5. The van der Waals surface area contributed by atoms with Crippen LogP contribution in [0.1, 0.15) is 58.2 Å². The van der Waals surface area contributed by atoms with Crippen molar-refractivity contribution in [2.45, 2.75) is 64.8 Å². The SMILES string of the molecule is CCCc1nc(Cl)cc(NC(C)C2CCCCC2)n1. The van der Waals surface area contributed by atoms with Crippen LogP contribution in [0.3, 0.4) is 0 Å². The zero-order valence-electron chi connectivity index (χ0n) is 12.0. The Morgan fingerprint density at radius 3 is 2.74 bits per heavy atom. The lowest BCUT2D eigenvalue weighted by Gasteiger charge is -2.28. The van der Waals surface area contributed by atoms with Crippen LogP contribution in [0.5, 0.6) is 0 Å². The minimum absolute atomic E-state index is 0.459. The summed E-state index contributed by atoms with van der Waals surface area (Å²) in [6.07, 6.45) is 8.70. The van der Waals surface area contributed by atoms with Crippen LogP contribution in [-0.4, -0.2) is 16.0 Å². The highest BCUT2D eigenvalue weighted by molar-refractivity contribution is 6.29. The first-order valence-electron chi connectivity index (χ1n) is 7.49. The van der Waals surface area contributed by atoms with Gasteiger partial charge >= 0.3 is 0 Å². The molecule has 4 heteroatoms. The number of aromatic nitrogens is 2. The summed E-state index contributed by atoms with van der Waals surface area (Å²) in [6.45, 7) is 4.38. The van der Waals surface area contributed by atoms with Crippen molar-refractivity contribution in [3.63, 3.8) is 0 Å². The topological polar surface area (TPSA) is 37.8 Å². The Labute approximate surface area is 121 Å². The average molecular weight is 282 g/mol. The molecular formula is C15H24ClN3. The third-order valence-electron chi connectivity index (χ3n) is 3.95. The third kappa shape index (κ3) is 4.34. The fourth-order valence-corrected chi connectivity index (χ4v) is 3.06. The van der Waals surface area contributed by atoms with Crippen LogP contribution in [-0.2, 0) is 6.42 Å². The first-order chi connectivity index (χ1) is 9.19. The van der Waals surface area contributed by atoms with Crippen molar-refractivity contribution in [3.8, 4) is 0 Å². The van der Waals surface area contributed by atoms with E-state index in [4.69, 9.17) is 11.6 Å². The summed E-state index contributed by atoms with van der Waals surface area (Å²) < 4.78 is 0. The molecule has 0 aliphatic heterocycles. The first kappa shape index (κ1) is 14.6.